The van der Waals surface area contributed by atoms with E-state index in [1.165, 1.54) is 65.6 Å². The number of sulfonamides is 2. The molecule has 10 N–H and O–H groups in total. The monoisotopic (exact) mass is 1290 g/mol. The van der Waals surface area contributed by atoms with Crippen LogP contribution in [0, 0.1) is 52.6 Å². The Morgan fingerprint density at radius 1 is 0.586 bits per heavy atom. The van der Waals surface area contributed by atoms with Gasteiger partial charge in [-0.2, -0.15) is 0 Å². The van der Waals surface area contributed by atoms with Crippen LogP contribution < -0.4 is 39.6 Å². The summed E-state index contributed by atoms with van der Waals surface area (Å²) in [6.45, 7) is 5.17. The Hall–Kier alpha value is -7.34. The van der Waals surface area contributed by atoms with Gasteiger partial charge in [0.15, 0.2) is 63.6 Å². The molecular weight excluding hydrogens is 1230 g/mol. The lowest BCUT2D eigenvalue weighted by Gasteiger charge is -2.30. The molecule has 6 heterocycles. The average molecular weight is 1290 g/mol. The summed E-state index contributed by atoms with van der Waals surface area (Å²) >= 11 is 0. The van der Waals surface area contributed by atoms with Crippen LogP contribution in [-0.4, -0.2) is 135 Å². The van der Waals surface area contributed by atoms with Crippen LogP contribution in [-0.2, 0) is 57.3 Å². The number of anilines is 3. The minimum atomic E-state index is -4.07. The zero-order chi connectivity index (χ0) is 64.6. The number of ether oxygens (including phenoxy) is 2. The molecule has 6 aromatic rings. The number of hydrogen-bond acceptors (Lipinski definition) is 14. The topological polar surface area (TPSA) is 323 Å². The number of aliphatic hydroxyl groups excluding tert-OH is 4. The molecule has 87 heavy (non-hydrogen) atoms. The molecular formula is C54H62F7N9O14S3. The third kappa shape index (κ3) is 14.2. The van der Waals surface area contributed by atoms with Gasteiger partial charge in [0.1, 0.15) is 27.7 Å². The first-order valence-corrected chi connectivity index (χ1v) is 30.9. The van der Waals surface area contributed by atoms with E-state index in [-0.39, 0.29) is 85.0 Å². The number of halogens is 7. The fraction of sp³-hybridized carbons (Fsp3) is 0.370. The highest BCUT2D eigenvalue weighted by Gasteiger charge is 2.43. The van der Waals surface area contributed by atoms with Crippen molar-refractivity contribution in [2.24, 2.45) is 33.0 Å². The Morgan fingerprint density at radius 3 is 1.33 bits per heavy atom. The summed E-state index contributed by atoms with van der Waals surface area (Å²) in [5.74, 6) is -8.30. The maximum absolute atomic E-state index is 13.4. The normalized spacial score (nSPS) is 20.7. The van der Waals surface area contributed by atoms with Gasteiger partial charge in [-0.3, -0.25) is 14.4 Å². The van der Waals surface area contributed by atoms with Gasteiger partial charge in [-0.15, -0.1) is 0 Å². The molecule has 0 radical (unpaired) electrons. The lowest BCUT2D eigenvalue weighted by molar-refractivity contribution is 0.0834. The van der Waals surface area contributed by atoms with Crippen molar-refractivity contribution >= 4 is 70.4 Å². The Bertz CT molecular complexity index is 3800. The quantitative estimate of drug-likeness (QED) is 0.0468. The molecule has 5 atom stereocenters. The van der Waals surface area contributed by atoms with Crippen molar-refractivity contribution in [3.63, 3.8) is 0 Å². The molecule has 23 nitrogen and oxygen atoms in total. The van der Waals surface area contributed by atoms with Crippen LogP contribution in [0.5, 0.6) is 11.5 Å². The highest BCUT2D eigenvalue weighted by molar-refractivity contribution is 7.98. The average Bonchev–Trinajstić information content (AvgIpc) is 1.65. The number of amides is 3. The molecule has 0 spiro atoms. The van der Waals surface area contributed by atoms with E-state index in [0.29, 0.717) is 17.7 Å². The molecule has 474 valence electrons. The number of aryl methyl sites for hydroxylation is 3. The highest BCUT2D eigenvalue weighted by Crippen LogP contribution is 2.38. The molecule has 0 bridgehead atoms. The highest BCUT2D eigenvalue weighted by atomic mass is 32.2. The number of aliphatic hydroxyl groups is 4. The molecule has 0 fully saturated rings. The molecule has 33 heteroatoms. The second kappa shape index (κ2) is 26.2. The molecule has 0 aliphatic carbocycles. The summed E-state index contributed by atoms with van der Waals surface area (Å²) in [7, 11) is -6.88. The smallest absolute Gasteiger partial charge is 0.276 e. The lowest BCUT2D eigenvalue weighted by Crippen LogP contribution is -2.53. The van der Waals surface area contributed by atoms with Gasteiger partial charge in [0.05, 0.1) is 58.7 Å². The molecule has 3 aliphatic rings. The van der Waals surface area contributed by atoms with Crippen molar-refractivity contribution in [2.45, 2.75) is 85.1 Å². The molecule has 0 saturated heterocycles. The van der Waals surface area contributed by atoms with Crippen molar-refractivity contribution in [1.82, 2.24) is 27.9 Å². The molecule has 0 saturated carbocycles. The Morgan fingerprint density at radius 2 is 0.954 bits per heavy atom. The Kier molecular flexibility index (Phi) is 20.2. The van der Waals surface area contributed by atoms with Gasteiger partial charge >= 0.3 is 0 Å². The van der Waals surface area contributed by atoms with Crippen LogP contribution in [0.4, 0.5) is 47.8 Å². The Labute approximate surface area is 494 Å². The summed E-state index contributed by atoms with van der Waals surface area (Å²) in [6, 6.07) is 5.19. The minimum absolute atomic E-state index is 0.00732. The molecule has 3 aromatic heterocycles. The van der Waals surface area contributed by atoms with Crippen LogP contribution in [0.3, 0.4) is 0 Å². The number of carbonyl (C=O) groups excluding carboxylic acids is 3. The number of rotatable bonds is 12. The summed E-state index contributed by atoms with van der Waals surface area (Å²) in [5.41, 5.74) is -1.35. The first kappa shape index (κ1) is 67.2. The molecule has 9 rings (SSSR count). The molecule has 3 amide bonds. The maximum atomic E-state index is 13.4. The van der Waals surface area contributed by atoms with Crippen molar-refractivity contribution in [1.29, 1.82) is 0 Å². The van der Waals surface area contributed by atoms with E-state index >= 15 is 0 Å². The number of fused-ring (bicyclic) bond motifs is 3. The summed E-state index contributed by atoms with van der Waals surface area (Å²) in [6.07, 6.45) is 2.71. The van der Waals surface area contributed by atoms with Gasteiger partial charge in [-0.1, -0.05) is 27.7 Å². The SMILES string of the molecule is C=S1(=O)NC(CO)(CO)CCc2c1cn(C)c2C(=O)Nc1cc(F)c(F)c(F)c1.CC(C)[C@@H]1Oc2c(cn(C)c2C(=O)Nc2ccc(F)c(F)c2)S(=O)(=O)N[C@H]1CO.CC(C)[C@H]1Oc2c(cn(C)c2C(=O)Nc2ccc(F)c(F)c2)S(=O)(=O)N[C@@H]1CO. The van der Waals surface area contributed by atoms with Gasteiger partial charge < -0.3 is 59.6 Å². The Balaban J connectivity index is 0.000000186. The van der Waals surface area contributed by atoms with Gasteiger partial charge in [0.2, 0.25) is 20.0 Å². The minimum Gasteiger partial charge on any atom is -0.484 e. The lowest BCUT2D eigenvalue weighted by atomic mass is 9.94. The summed E-state index contributed by atoms with van der Waals surface area (Å²) < 4.78 is 180. The van der Waals surface area contributed by atoms with E-state index < -0.39 is 144 Å². The van der Waals surface area contributed by atoms with Gasteiger partial charge in [0.25, 0.3) is 17.7 Å². The number of carbonyl (C=O) groups is 3. The van der Waals surface area contributed by atoms with Crippen LogP contribution in [0.15, 0.2) is 81.8 Å². The third-order valence-electron chi connectivity index (χ3n) is 14.1. The van der Waals surface area contributed by atoms with Gasteiger partial charge in [-0.05, 0) is 60.4 Å². The molecule has 3 aromatic carbocycles. The van der Waals surface area contributed by atoms with Crippen molar-refractivity contribution in [3.05, 3.63) is 130 Å². The van der Waals surface area contributed by atoms with Gasteiger partial charge in [0, 0.05) is 81.1 Å². The van der Waals surface area contributed by atoms with Crippen LogP contribution in [0.1, 0.15) is 71.1 Å². The first-order valence-electron chi connectivity index (χ1n) is 26.2. The van der Waals surface area contributed by atoms with E-state index in [4.69, 9.17) is 9.47 Å². The van der Waals surface area contributed by atoms with Crippen molar-refractivity contribution in [3.8, 4) is 11.5 Å². The zero-order valence-corrected chi connectivity index (χ0v) is 49.8. The van der Waals surface area contributed by atoms with E-state index in [0.717, 1.165) is 24.3 Å². The standard InChI is InChI=1S/C18H20F3N3O4S.2C18H21F2N3O5S/c1-24-7-14-11(3-4-18(8-25,9-26)23-29(14,2)28)16(24)17(27)22-10-5-12(19)15(21)13(20)6-10;2*1-9(2)16-13(8-24)22-29(26,27)14-7-23(3)15(17(14)28-16)18(25)21-10-4-5-11(19)12(20)6-10/h5-7,25-26H,2-4,8-9H2,1H3,(H,22,27)(H,23,28);2*4-7,9,13,16,22,24H,8H2,1-3H3,(H,21,25)/t;2*13-,16-/m.10/s1. The van der Waals surface area contributed by atoms with Crippen molar-refractivity contribution in [2.75, 3.05) is 42.4 Å². The molecule has 1 unspecified atom stereocenters. The van der Waals surface area contributed by atoms with Crippen molar-refractivity contribution < 1.29 is 96.1 Å². The van der Waals surface area contributed by atoms with E-state index in [1.807, 2.05) is 0 Å². The zero-order valence-electron chi connectivity index (χ0n) is 47.3. The fourth-order valence-corrected chi connectivity index (χ4v) is 14.6. The largest absolute Gasteiger partial charge is 0.484 e. The fourth-order valence-electron chi connectivity index (χ4n) is 9.78. The van der Waals surface area contributed by atoms with Crippen LogP contribution in [0.2, 0.25) is 0 Å². The van der Waals surface area contributed by atoms with E-state index in [1.54, 1.807) is 27.7 Å². The second-order valence-electron chi connectivity index (χ2n) is 21.2. The van der Waals surface area contributed by atoms with E-state index in [9.17, 15) is 86.6 Å². The van der Waals surface area contributed by atoms with Gasteiger partial charge in [-0.25, -0.2) is 65.9 Å². The number of benzene rings is 3. The van der Waals surface area contributed by atoms with E-state index in [2.05, 4.69) is 36.0 Å². The predicted molar refractivity (Wildman–Crippen MR) is 302 cm³/mol. The number of nitrogens with zero attached hydrogens (tertiary/aromatic N) is 3. The van der Waals surface area contributed by atoms with Crippen LogP contribution >= 0.6 is 0 Å². The number of aromatic nitrogens is 3. The number of nitrogens with one attached hydrogen (secondary N) is 6. The second-order valence-corrected chi connectivity index (χ2v) is 26.6. The summed E-state index contributed by atoms with van der Waals surface area (Å²) in [5, 5.41) is 45.6. The maximum Gasteiger partial charge on any atom is 0.276 e. The summed E-state index contributed by atoms with van der Waals surface area (Å²) in [4.78, 5) is 38.2. The number of hydrogen-bond donors (Lipinski definition) is 10. The third-order valence-corrected chi connectivity index (χ3v) is 18.9. The first-order chi connectivity index (χ1) is 40.6. The molecule has 3 aliphatic heterocycles. The van der Waals surface area contributed by atoms with Crippen LogP contribution in [0.25, 0.3) is 0 Å². The predicted octanol–water partition coefficient (Wildman–Crippen LogP) is 4.17.